The molecule has 7 nitrogen and oxygen atoms in total. The summed E-state index contributed by atoms with van der Waals surface area (Å²) in [5.41, 5.74) is 6.78. The fourth-order valence-electron chi connectivity index (χ4n) is 4.53. The number of carbonyl (C=O) groups excluding carboxylic acids is 2. The van der Waals surface area contributed by atoms with Gasteiger partial charge in [0.1, 0.15) is 0 Å². The maximum absolute atomic E-state index is 13.1. The first-order valence-electron chi connectivity index (χ1n) is 11.7. The number of amides is 2. The number of rotatable bonds is 8. The molecule has 0 saturated carbocycles. The van der Waals surface area contributed by atoms with Crippen LogP contribution in [0.5, 0.6) is 0 Å². The summed E-state index contributed by atoms with van der Waals surface area (Å²) in [6, 6.07) is 14.9. The highest BCUT2D eigenvalue weighted by atomic mass is 16.4. The number of aryl methyl sites for hydroxylation is 1. The van der Waals surface area contributed by atoms with Gasteiger partial charge in [-0.1, -0.05) is 37.3 Å². The van der Waals surface area contributed by atoms with Crippen LogP contribution in [-0.2, 0) is 16.0 Å². The lowest BCUT2D eigenvalue weighted by molar-refractivity contribution is -0.137. The number of hydrogen-bond donors (Lipinski definition) is 4. The van der Waals surface area contributed by atoms with Gasteiger partial charge in [0, 0.05) is 34.6 Å². The van der Waals surface area contributed by atoms with Crippen LogP contribution in [0.4, 0.5) is 5.69 Å². The van der Waals surface area contributed by atoms with Crippen molar-refractivity contribution in [1.82, 2.24) is 10.3 Å². The standard InChI is InChI=1S/C28H29N3O4/c1-4-23(18-8-6-5-7-9-18)30-27(34)19-10-12-24-21(14-19)22(28(35)31-24)15-25-16(2)20(17(3)29-25)11-13-26(32)33/h5-10,12,14-15,23,29H,4,11,13H2,1-3H3,(H,30,34)(H,31,35)(H,32,33)/b22-15-. The summed E-state index contributed by atoms with van der Waals surface area (Å²) in [5.74, 6) is -1.30. The predicted molar refractivity (Wildman–Crippen MR) is 136 cm³/mol. The Kier molecular flexibility index (Phi) is 6.87. The van der Waals surface area contributed by atoms with E-state index < -0.39 is 5.97 Å². The highest BCUT2D eigenvalue weighted by Crippen LogP contribution is 2.35. The van der Waals surface area contributed by atoms with Crippen LogP contribution in [0.3, 0.4) is 0 Å². The summed E-state index contributed by atoms with van der Waals surface area (Å²) in [4.78, 5) is 40.1. The van der Waals surface area contributed by atoms with Crippen molar-refractivity contribution in [2.24, 2.45) is 0 Å². The second-order valence-electron chi connectivity index (χ2n) is 8.78. The normalized spacial score (nSPS) is 14.5. The molecular weight excluding hydrogens is 442 g/mol. The molecule has 0 fully saturated rings. The molecule has 7 heteroatoms. The smallest absolute Gasteiger partial charge is 0.303 e. The van der Waals surface area contributed by atoms with Gasteiger partial charge in [0.15, 0.2) is 0 Å². The van der Waals surface area contributed by atoms with E-state index in [-0.39, 0.29) is 24.3 Å². The molecule has 0 aliphatic carbocycles. The van der Waals surface area contributed by atoms with E-state index in [0.29, 0.717) is 28.8 Å². The molecule has 2 amide bonds. The number of carboxylic acid groups (broad SMARTS) is 1. The molecule has 1 aliphatic rings. The van der Waals surface area contributed by atoms with Gasteiger partial charge in [-0.2, -0.15) is 0 Å². The molecule has 1 atom stereocenters. The predicted octanol–water partition coefficient (Wildman–Crippen LogP) is 5.02. The third-order valence-corrected chi connectivity index (χ3v) is 6.49. The maximum Gasteiger partial charge on any atom is 0.303 e. The first kappa shape index (κ1) is 24.0. The maximum atomic E-state index is 13.1. The summed E-state index contributed by atoms with van der Waals surface area (Å²) >= 11 is 0. The Labute approximate surface area is 204 Å². The number of aliphatic carboxylic acids is 1. The highest BCUT2D eigenvalue weighted by molar-refractivity contribution is 6.35. The van der Waals surface area contributed by atoms with Crippen LogP contribution >= 0.6 is 0 Å². The Morgan fingerprint density at radius 3 is 2.54 bits per heavy atom. The van der Waals surface area contributed by atoms with E-state index in [1.165, 1.54) is 0 Å². The first-order valence-corrected chi connectivity index (χ1v) is 11.7. The van der Waals surface area contributed by atoms with Crippen LogP contribution in [-0.4, -0.2) is 27.9 Å². The van der Waals surface area contributed by atoms with Gasteiger partial charge in [-0.15, -0.1) is 0 Å². The number of fused-ring (bicyclic) bond motifs is 1. The van der Waals surface area contributed by atoms with Gasteiger partial charge in [0.05, 0.1) is 11.6 Å². The second-order valence-corrected chi connectivity index (χ2v) is 8.78. The van der Waals surface area contributed by atoms with E-state index >= 15 is 0 Å². The van der Waals surface area contributed by atoms with E-state index in [1.807, 2.05) is 51.1 Å². The van der Waals surface area contributed by atoms with Crippen molar-refractivity contribution < 1.29 is 19.5 Å². The number of H-pyrrole nitrogens is 1. The van der Waals surface area contributed by atoms with Crippen molar-refractivity contribution in [2.45, 2.75) is 46.1 Å². The molecule has 1 unspecified atom stereocenters. The van der Waals surface area contributed by atoms with Crippen LogP contribution in [0.25, 0.3) is 11.6 Å². The van der Waals surface area contributed by atoms with Crippen LogP contribution in [0.1, 0.15) is 69.8 Å². The second kappa shape index (κ2) is 10.0. The molecule has 0 saturated heterocycles. The van der Waals surface area contributed by atoms with Crippen molar-refractivity contribution in [3.05, 3.63) is 87.7 Å². The number of anilines is 1. The van der Waals surface area contributed by atoms with Crippen molar-refractivity contribution in [3.8, 4) is 0 Å². The van der Waals surface area contributed by atoms with E-state index in [4.69, 9.17) is 5.11 Å². The van der Waals surface area contributed by atoms with Crippen molar-refractivity contribution >= 4 is 35.1 Å². The van der Waals surface area contributed by atoms with Gasteiger partial charge in [0.25, 0.3) is 11.8 Å². The van der Waals surface area contributed by atoms with Gasteiger partial charge in [0.2, 0.25) is 0 Å². The van der Waals surface area contributed by atoms with Gasteiger partial charge >= 0.3 is 5.97 Å². The number of hydrogen-bond acceptors (Lipinski definition) is 3. The van der Waals surface area contributed by atoms with E-state index in [0.717, 1.165) is 34.5 Å². The monoisotopic (exact) mass is 471 g/mol. The summed E-state index contributed by atoms with van der Waals surface area (Å²) in [5, 5.41) is 15.0. The molecule has 4 rings (SSSR count). The zero-order valence-electron chi connectivity index (χ0n) is 20.1. The molecule has 1 aliphatic heterocycles. The highest BCUT2D eigenvalue weighted by Gasteiger charge is 2.26. The largest absolute Gasteiger partial charge is 0.481 e. The fourth-order valence-corrected chi connectivity index (χ4v) is 4.53. The van der Waals surface area contributed by atoms with Gasteiger partial charge < -0.3 is 20.7 Å². The number of carbonyl (C=O) groups is 3. The molecule has 2 heterocycles. The first-order chi connectivity index (χ1) is 16.8. The van der Waals surface area contributed by atoms with Crippen molar-refractivity contribution in [3.63, 3.8) is 0 Å². The Bertz CT molecular complexity index is 1320. The lowest BCUT2D eigenvalue weighted by atomic mass is 10.00. The molecule has 0 radical (unpaired) electrons. The van der Waals surface area contributed by atoms with Crippen molar-refractivity contribution in [1.29, 1.82) is 0 Å². The van der Waals surface area contributed by atoms with Crippen LogP contribution in [0.2, 0.25) is 0 Å². The Morgan fingerprint density at radius 2 is 1.86 bits per heavy atom. The fraction of sp³-hybridized carbons (Fsp3) is 0.250. The average Bonchev–Trinajstić information content (AvgIpc) is 3.30. The zero-order chi connectivity index (χ0) is 25.1. The molecule has 2 aromatic carbocycles. The van der Waals surface area contributed by atoms with E-state index in [1.54, 1.807) is 24.3 Å². The number of carboxylic acids is 1. The Balaban J connectivity index is 1.62. The number of aromatic nitrogens is 1. The zero-order valence-corrected chi connectivity index (χ0v) is 20.1. The van der Waals surface area contributed by atoms with Gasteiger partial charge in [-0.05, 0) is 67.7 Å². The minimum atomic E-state index is -0.850. The minimum Gasteiger partial charge on any atom is -0.481 e. The molecule has 0 bridgehead atoms. The molecule has 180 valence electrons. The number of nitrogens with one attached hydrogen (secondary N) is 3. The van der Waals surface area contributed by atoms with Crippen LogP contribution in [0, 0.1) is 13.8 Å². The summed E-state index contributed by atoms with van der Waals surface area (Å²) < 4.78 is 0. The lowest BCUT2D eigenvalue weighted by Gasteiger charge is -2.17. The number of benzene rings is 2. The summed E-state index contributed by atoms with van der Waals surface area (Å²) in [7, 11) is 0. The third kappa shape index (κ3) is 5.04. The topological polar surface area (TPSA) is 111 Å². The molecule has 1 aromatic heterocycles. The van der Waals surface area contributed by atoms with Gasteiger partial charge in [-0.25, -0.2) is 0 Å². The average molecular weight is 472 g/mol. The molecule has 35 heavy (non-hydrogen) atoms. The Morgan fingerprint density at radius 1 is 1.11 bits per heavy atom. The lowest BCUT2D eigenvalue weighted by Crippen LogP contribution is -2.28. The SMILES string of the molecule is CCC(NC(=O)c1ccc2c(c1)/C(=C/c1[nH]c(C)c(CCC(=O)O)c1C)C(=O)N2)c1ccccc1. The van der Waals surface area contributed by atoms with E-state index in [2.05, 4.69) is 15.6 Å². The third-order valence-electron chi connectivity index (χ3n) is 6.49. The summed E-state index contributed by atoms with van der Waals surface area (Å²) in [6.45, 7) is 5.84. The summed E-state index contributed by atoms with van der Waals surface area (Å²) in [6.07, 6.45) is 2.98. The van der Waals surface area contributed by atoms with Gasteiger partial charge in [-0.3, -0.25) is 14.4 Å². The van der Waals surface area contributed by atoms with Crippen LogP contribution < -0.4 is 10.6 Å². The number of aromatic amines is 1. The minimum absolute atomic E-state index is 0.0407. The molecule has 0 spiro atoms. The quantitative estimate of drug-likeness (QED) is 0.346. The Hall–Kier alpha value is -4.13. The molecular formula is C28H29N3O4. The van der Waals surface area contributed by atoms with Crippen molar-refractivity contribution in [2.75, 3.05) is 5.32 Å². The molecule has 3 aromatic rings. The van der Waals surface area contributed by atoms with Crippen LogP contribution in [0.15, 0.2) is 48.5 Å². The van der Waals surface area contributed by atoms with E-state index in [9.17, 15) is 14.4 Å². The molecule has 4 N–H and O–H groups in total.